The summed E-state index contributed by atoms with van der Waals surface area (Å²) in [5.41, 5.74) is -0.510. The first-order chi connectivity index (χ1) is 13.7. The van der Waals surface area contributed by atoms with Crippen molar-refractivity contribution in [3.05, 3.63) is 11.7 Å². The van der Waals surface area contributed by atoms with Crippen LogP contribution in [0.3, 0.4) is 0 Å². The topological polar surface area (TPSA) is 114 Å². The van der Waals surface area contributed by atoms with E-state index in [9.17, 15) is 4.79 Å². The van der Waals surface area contributed by atoms with Crippen LogP contribution < -0.4 is 16.0 Å². The van der Waals surface area contributed by atoms with Crippen LogP contribution in [0.1, 0.15) is 72.0 Å². The number of aromatic nitrogens is 2. The molecule has 1 unspecified atom stereocenters. The summed E-state index contributed by atoms with van der Waals surface area (Å²) < 4.78 is 10.4. The molecule has 1 atom stereocenters. The second kappa shape index (κ2) is 15.2. The van der Waals surface area contributed by atoms with E-state index in [0.717, 1.165) is 38.2 Å². The summed E-state index contributed by atoms with van der Waals surface area (Å²) in [7, 11) is 0. The predicted octanol–water partition coefficient (Wildman–Crippen LogP) is 3.57. The number of rotatable bonds is 11. The number of guanidine groups is 1. The lowest BCUT2D eigenvalue weighted by Crippen LogP contribution is -2.49. The van der Waals surface area contributed by atoms with E-state index in [0.29, 0.717) is 31.2 Å². The Labute approximate surface area is 197 Å². The number of amides is 1. The zero-order valence-corrected chi connectivity index (χ0v) is 21.5. The van der Waals surface area contributed by atoms with Crippen LogP contribution in [0.25, 0.3) is 0 Å². The Morgan fingerprint density at radius 3 is 2.53 bits per heavy atom. The van der Waals surface area contributed by atoms with Crippen LogP contribution >= 0.6 is 24.0 Å². The van der Waals surface area contributed by atoms with E-state index in [4.69, 9.17) is 9.26 Å². The van der Waals surface area contributed by atoms with Crippen molar-refractivity contribution in [1.29, 1.82) is 0 Å². The molecule has 3 N–H and O–H groups in total. The fourth-order valence-electron chi connectivity index (χ4n) is 2.57. The molecule has 0 aliphatic rings. The van der Waals surface area contributed by atoms with Crippen LogP contribution in [0.5, 0.6) is 0 Å². The molecule has 0 aliphatic heterocycles. The Morgan fingerprint density at radius 2 is 1.97 bits per heavy atom. The second-order valence-electron chi connectivity index (χ2n) is 7.97. The van der Waals surface area contributed by atoms with E-state index >= 15 is 0 Å². The standard InChI is InChI=1S/C20H38N6O3.HI/c1-7-9-11-16(14-23-19(27)28-20(4,5)6)25-18(21-8-2)22-13-10-12-17-24-15(3)26-29-17;/h16H,7-14H2,1-6H3,(H,23,27)(H2,21,22,25);1H. The Bertz CT molecular complexity index is 630. The fraction of sp³-hybridized carbons (Fsp3) is 0.800. The highest BCUT2D eigenvalue weighted by molar-refractivity contribution is 14.0. The molecule has 9 nitrogen and oxygen atoms in total. The predicted molar refractivity (Wildman–Crippen MR) is 129 cm³/mol. The van der Waals surface area contributed by atoms with Crippen LogP contribution in [0.15, 0.2) is 9.52 Å². The Morgan fingerprint density at radius 1 is 1.23 bits per heavy atom. The maximum atomic E-state index is 12.0. The van der Waals surface area contributed by atoms with E-state index in [1.54, 1.807) is 6.92 Å². The van der Waals surface area contributed by atoms with Gasteiger partial charge in [-0.05, 0) is 47.5 Å². The van der Waals surface area contributed by atoms with Gasteiger partial charge in [0.05, 0.1) is 0 Å². The fourth-order valence-corrected chi connectivity index (χ4v) is 2.57. The molecular weight excluding hydrogens is 499 g/mol. The quantitative estimate of drug-likeness (QED) is 0.171. The zero-order valence-electron chi connectivity index (χ0n) is 19.2. The first-order valence-corrected chi connectivity index (χ1v) is 10.5. The van der Waals surface area contributed by atoms with E-state index < -0.39 is 11.7 Å². The van der Waals surface area contributed by atoms with Crippen molar-refractivity contribution in [1.82, 2.24) is 26.1 Å². The molecule has 0 saturated heterocycles. The Kier molecular flexibility index (Phi) is 14.4. The summed E-state index contributed by atoms with van der Waals surface area (Å²) in [5.74, 6) is 2.02. The van der Waals surface area contributed by atoms with Crippen molar-refractivity contribution >= 4 is 36.0 Å². The number of halogens is 1. The molecule has 1 aromatic heterocycles. The van der Waals surface area contributed by atoms with E-state index in [1.165, 1.54) is 0 Å². The molecule has 1 aromatic rings. The molecule has 174 valence electrons. The van der Waals surface area contributed by atoms with Gasteiger partial charge in [-0.15, -0.1) is 24.0 Å². The normalized spacial score (nSPS) is 12.7. The maximum Gasteiger partial charge on any atom is 0.407 e. The molecule has 0 aromatic carbocycles. The Balaban J connectivity index is 0.00000841. The van der Waals surface area contributed by atoms with Gasteiger partial charge < -0.3 is 25.2 Å². The smallest absolute Gasteiger partial charge is 0.407 e. The molecule has 0 radical (unpaired) electrons. The van der Waals surface area contributed by atoms with Gasteiger partial charge in [0.15, 0.2) is 11.8 Å². The summed E-state index contributed by atoms with van der Waals surface area (Å²) >= 11 is 0. The van der Waals surface area contributed by atoms with Crippen molar-refractivity contribution in [2.24, 2.45) is 4.99 Å². The molecular formula is C20H39IN6O3. The van der Waals surface area contributed by atoms with Gasteiger partial charge >= 0.3 is 6.09 Å². The minimum atomic E-state index is -0.510. The molecule has 0 bridgehead atoms. The molecule has 0 spiro atoms. The van der Waals surface area contributed by atoms with E-state index in [2.05, 4.69) is 38.0 Å². The number of nitrogens with zero attached hydrogens (tertiary/aromatic N) is 3. The second-order valence-corrected chi connectivity index (χ2v) is 7.97. The van der Waals surface area contributed by atoms with Crippen LogP contribution in [0, 0.1) is 6.92 Å². The van der Waals surface area contributed by atoms with Crippen LogP contribution in [-0.2, 0) is 11.2 Å². The average molecular weight is 538 g/mol. The third-order valence-corrected chi connectivity index (χ3v) is 3.87. The lowest BCUT2D eigenvalue weighted by Gasteiger charge is -2.24. The number of ether oxygens (including phenoxy) is 1. The Hall–Kier alpha value is -1.59. The van der Waals surface area contributed by atoms with Gasteiger partial charge in [0, 0.05) is 32.1 Å². The third kappa shape index (κ3) is 13.6. The maximum absolute atomic E-state index is 12.0. The van der Waals surface area contributed by atoms with Gasteiger partial charge in [-0.25, -0.2) is 4.79 Å². The lowest BCUT2D eigenvalue weighted by molar-refractivity contribution is 0.0522. The molecule has 1 amide bonds. The minimum Gasteiger partial charge on any atom is -0.444 e. The number of alkyl carbamates (subject to hydrolysis) is 1. The van der Waals surface area contributed by atoms with Crippen LogP contribution in [-0.4, -0.2) is 53.5 Å². The van der Waals surface area contributed by atoms with Gasteiger partial charge in [0.2, 0.25) is 5.89 Å². The summed E-state index contributed by atoms with van der Waals surface area (Å²) in [6, 6.07) is 0.0684. The van der Waals surface area contributed by atoms with Gasteiger partial charge in [-0.1, -0.05) is 24.9 Å². The summed E-state index contributed by atoms with van der Waals surface area (Å²) in [6.45, 7) is 13.4. The molecule has 0 fully saturated rings. The van der Waals surface area contributed by atoms with Crippen molar-refractivity contribution in [2.75, 3.05) is 19.6 Å². The largest absolute Gasteiger partial charge is 0.444 e. The molecule has 30 heavy (non-hydrogen) atoms. The molecule has 0 saturated carbocycles. The highest BCUT2D eigenvalue weighted by Crippen LogP contribution is 2.07. The summed E-state index contributed by atoms with van der Waals surface area (Å²) in [4.78, 5) is 20.8. The number of aryl methyl sites for hydroxylation is 2. The third-order valence-electron chi connectivity index (χ3n) is 3.87. The average Bonchev–Trinajstić information content (AvgIpc) is 3.04. The van der Waals surface area contributed by atoms with Crippen molar-refractivity contribution < 1.29 is 14.1 Å². The number of carbonyl (C=O) groups excluding carboxylic acids is 1. The monoisotopic (exact) mass is 538 g/mol. The van der Waals surface area contributed by atoms with Gasteiger partial charge in [-0.3, -0.25) is 4.99 Å². The molecule has 1 heterocycles. The van der Waals surface area contributed by atoms with Gasteiger partial charge in [0.25, 0.3) is 0 Å². The molecule has 0 aliphatic carbocycles. The van der Waals surface area contributed by atoms with Crippen LogP contribution in [0.2, 0.25) is 0 Å². The number of hydrogen-bond donors (Lipinski definition) is 3. The highest BCUT2D eigenvalue weighted by atomic mass is 127. The number of unbranched alkanes of at least 4 members (excludes halogenated alkanes) is 1. The number of carbonyl (C=O) groups is 1. The lowest BCUT2D eigenvalue weighted by atomic mass is 10.1. The van der Waals surface area contributed by atoms with E-state index in [-0.39, 0.29) is 30.0 Å². The van der Waals surface area contributed by atoms with Crippen LogP contribution in [0.4, 0.5) is 4.79 Å². The summed E-state index contributed by atoms with van der Waals surface area (Å²) in [6.07, 6.45) is 4.18. The van der Waals surface area contributed by atoms with Crippen molar-refractivity contribution in [3.8, 4) is 0 Å². The minimum absolute atomic E-state index is 0. The molecule has 10 heteroatoms. The van der Waals surface area contributed by atoms with Gasteiger partial charge in [-0.2, -0.15) is 4.98 Å². The first-order valence-electron chi connectivity index (χ1n) is 10.5. The van der Waals surface area contributed by atoms with E-state index in [1.807, 2.05) is 27.7 Å². The molecule has 1 rings (SSSR count). The zero-order chi connectivity index (χ0) is 21.7. The first kappa shape index (κ1) is 28.4. The number of aliphatic imine (C=N–C) groups is 1. The highest BCUT2D eigenvalue weighted by Gasteiger charge is 2.18. The number of hydrogen-bond acceptors (Lipinski definition) is 6. The SMILES string of the molecule is CCCCC(CNC(=O)OC(C)(C)C)NC(=NCCCc1nc(C)no1)NCC.I. The van der Waals surface area contributed by atoms with Crippen molar-refractivity contribution in [3.63, 3.8) is 0 Å². The van der Waals surface area contributed by atoms with Gasteiger partial charge in [0.1, 0.15) is 5.60 Å². The number of nitrogens with one attached hydrogen (secondary N) is 3. The van der Waals surface area contributed by atoms with Crippen molar-refractivity contribution in [2.45, 2.75) is 85.3 Å². The summed E-state index contributed by atoms with van der Waals surface area (Å²) in [5, 5.41) is 13.3.